The van der Waals surface area contributed by atoms with E-state index in [9.17, 15) is 4.79 Å². The van der Waals surface area contributed by atoms with Gasteiger partial charge < -0.3 is 14.8 Å². The fraction of sp³-hybridized carbons (Fsp3) is 0.562. The normalized spacial score (nSPS) is 25.4. The first-order valence-electron chi connectivity index (χ1n) is 7.55. The molecule has 1 aromatic carbocycles. The first-order chi connectivity index (χ1) is 10.3. The van der Waals surface area contributed by atoms with E-state index in [1.54, 1.807) is 19.2 Å². The second-order valence-electron chi connectivity index (χ2n) is 5.66. The van der Waals surface area contributed by atoms with Crippen molar-refractivity contribution in [1.82, 2.24) is 10.2 Å². The number of amides is 1. The maximum absolute atomic E-state index is 12.2. The van der Waals surface area contributed by atoms with Crippen molar-refractivity contribution < 1.29 is 14.3 Å². The maximum atomic E-state index is 12.2. The minimum Gasteiger partial charge on any atom is -0.496 e. The predicted molar refractivity (Wildman–Crippen MR) is 79.7 cm³/mol. The third-order valence-electron chi connectivity index (χ3n) is 4.30. The zero-order chi connectivity index (χ0) is 14.7. The molecule has 3 rings (SSSR count). The summed E-state index contributed by atoms with van der Waals surface area (Å²) in [5, 5.41) is 2.95. The van der Waals surface area contributed by atoms with Gasteiger partial charge >= 0.3 is 0 Å². The van der Waals surface area contributed by atoms with Crippen molar-refractivity contribution in [1.29, 1.82) is 0 Å². The molecule has 2 aliphatic rings. The van der Waals surface area contributed by atoms with Gasteiger partial charge in [0, 0.05) is 19.1 Å². The van der Waals surface area contributed by atoms with Crippen LogP contribution in [0.5, 0.6) is 5.75 Å². The minimum atomic E-state index is -0.111. The minimum absolute atomic E-state index is 0.0815. The van der Waals surface area contributed by atoms with E-state index < -0.39 is 0 Å². The molecule has 2 heterocycles. The number of carbonyl (C=O) groups is 1. The number of para-hydroxylation sites is 1. The third-order valence-corrected chi connectivity index (χ3v) is 4.30. The summed E-state index contributed by atoms with van der Waals surface area (Å²) in [5.74, 6) is 0.485. The summed E-state index contributed by atoms with van der Waals surface area (Å²) >= 11 is 0. The van der Waals surface area contributed by atoms with Gasteiger partial charge in [0.1, 0.15) is 5.75 Å². The summed E-state index contributed by atoms with van der Waals surface area (Å²) in [5.41, 5.74) is 0.565. The molecule has 0 aliphatic carbocycles. The van der Waals surface area contributed by atoms with E-state index in [0.717, 1.165) is 19.7 Å². The number of hydrogen-bond acceptors (Lipinski definition) is 4. The highest BCUT2D eigenvalue weighted by Gasteiger charge is 2.32. The van der Waals surface area contributed by atoms with E-state index in [4.69, 9.17) is 9.47 Å². The summed E-state index contributed by atoms with van der Waals surface area (Å²) in [7, 11) is 1.57. The zero-order valence-electron chi connectivity index (χ0n) is 12.4. The molecule has 21 heavy (non-hydrogen) atoms. The summed E-state index contributed by atoms with van der Waals surface area (Å²) in [6.07, 6.45) is 2.58. The van der Waals surface area contributed by atoms with Crippen molar-refractivity contribution in [2.24, 2.45) is 0 Å². The molecule has 0 radical (unpaired) electrons. The van der Waals surface area contributed by atoms with Crippen LogP contribution in [0.4, 0.5) is 0 Å². The second kappa shape index (κ2) is 6.45. The summed E-state index contributed by atoms with van der Waals surface area (Å²) in [4.78, 5) is 14.7. The van der Waals surface area contributed by atoms with Crippen molar-refractivity contribution >= 4 is 5.91 Å². The molecule has 1 aromatic rings. The molecule has 0 unspecified atom stereocenters. The van der Waals surface area contributed by atoms with Gasteiger partial charge in [0.05, 0.1) is 25.4 Å². The van der Waals surface area contributed by atoms with Crippen LogP contribution in [0, 0.1) is 0 Å². The molecule has 2 aliphatic heterocycles. The van der Waals surface area contributed by atoms with Gasteiger partial charge in [0.2, 0.25) is 0 Å². The van der Waals surface area contributed by atoms with E-state index in [-0.39, 0.29) is 12.0 Å². The highest BCUT2D eigenvalue weighted by molar-refractivity contribution is 5.96. The van der Waals surface area contributed by atoms with Crippen molar-refractivity contribution in [2.45, 2.75) is 25.0 Å². The third kappa shape index (κ3) is 3.19. The van der Waals surface area contributed by atoms with Gasteiger partial charge in [0.25, 0.3) is 5.91 Å². The number of hydrogen-bond donors (Lipinski definition) is 1. The van der Waals surface area contributed by atoms with Crippen molar-refractivity contribution in [3.8, 4) is 5.75 Å². The van der Waals surface area contributed by atoms with Gasteiger partial charge in [-0.2, -0.15) is 0 Å². The van der Waals surface area contributed by atoms with Gasteiger partial charge in [-0.25, -0.2) is 0 Å². The number of nitrogens with zero attached hydrogens (tertiary/aromatic N) is 1. The van der Waals surface area contributed by atoms with E-state index in [2.05, 4.69) is 10.2 Å². The fourth-order valence-electron chi connectivity index (χ4n) is 3.14. The molecule has 0 spiro atoms. The van der Waals surface area contributed by atoms with Gasteiger partial charge in [-0.05, 0) is 31.5 Å². The summed E-state index contributed by atoms with van der Waals surface area (Å²) in [6, 6.07) is 7.84. The quantitative estimate of drug-likeness (QED) is 0.908. The molecule has 0 saturated carbocycles. The molecule has 114 valence electrons. The largest absolute Gasteiger partial charge is 0.496 e. The summed E-state index contributed by atoms with van der Waals surface area (Å²) in [6.45, 7) is 3.40. The van der Waals surface area contributed by atoms with Crippen LogP contribution in [0.25, 0.3) is 0 Å². The van der Waals surface area contributed by atoms with Gasteiger partial charge in [-0.1, -0.05) is 12.1 Å². The average Bonchev–Trinajstić information content (AvgIpc) is 3.00. The van der Waals surface area contributed by atoms with Crippen LogP contribution in [0.1, 0.15) is 23.2 Å². The Hall–Kier alpha value is -1.59. The standard InChI is InChI=1S/C16H22N2O3/c1-20-15-7-3-2-6-14(15)16(19)17-9-13-10-18-8-4-5-12(18)11-21-13/h2-3,6-7,12-13H,4-5,8-11H2,1H3,(H,17,19)/t12-,13-/m1/s1. The van der Waals surface area contributed by atoms with Crippen molar-refractivity contribution in [3.63, 3.8) is 0 Å². The SMILES string of the molecule is COc1ccccc1C(=O)NC[C@@H]1CN2CCC[C@@H]2CO1. The number of fused-ring (bicyclic) bond motifs is 1. The topological polar surface area (TPSA) is 50.8 Å². The Morgan fingerprint density at radius 2 is 2.33 bits per heavy atom. The molecular weight excluding hydrogens is 268 g/mol. The van der Waals surface area contributed by atoms with E-state index in [1.807, 2.05) is 12.1 Å². The van der Waals surface area contributed by atoms with E-state index in [0.29, 0.717) is 23.9 Å². The average molecular weight is 290 g/mol. The van der Waals surface area contributed by atoms with Gasteiger partial charge in [0.15, 0.2) is 0 Å². The Labute approximate surface area is 125 Å². The number of methoxy groups -OCH3 is 1. The van der Waals surface area contributed by atoms with Crippen LogP contribution < -0.4 is 10.1 Å². The van der Waals surface area contributed by atoms with Crippen LogP contribution in [-0.4, -0.2) is 56.3 Å². The number of rotatable bonds is 4. The van der Waals surface area contributed by atoms with Gasteiger partial charge in [-0.15, -0.1) is 0 Å². The maximum Gasteiger partial charge on any atom is 0.255 e. The van der Waals surface area contributed by atoms with Crippen LogP contribution in [0.3, 0.4) is 0 Å². The lowest BCUT2D eigenvalue weighted by atomic mass is 10.1. The Morgan fingerprint density at radius 3 is 3.19 bits per heavy atom. The van der Waals surface area contributed by atoms with E-state index in [1.165, 1.54) is 12.8 Å². The Kier molecular flexibility index (Phi) is 4.41. The Balaban J connectivity index is 1.54. The molecule has 0 bridgehead atoms. The highest BCUT2D eigenvalue weighted by atomic mass is 16.5. The number of carbonyl (C=O) groups excluding carboxylic acids is 1. The molecule has 2 fully saturated rings. The van der Waals surface area contributed by atoms with E-state index >= 15 is 0 Å². The molecule has 0 aromatic heterocycles. The molecule has 1 amide bonds. The van der Waals surface area contributed by atoms with Crippen LogP contribution in [0.2, 0.25) is 0 Å². The Bertz CT molecular complexity index is 506. The lowest BCUT2D eigenvalue weighted by molar-refractivity contribution is -0.0461. The Morgan fingerprint density at radius 1 is 1.48 bits per heavy atom. The molecule has 2 saturated heterocycles. The number of benzene rings is 1. The molecular formula is C16H22N2O3. The molecule has 2 atom stereocenters. The monoisotopic (exact) mass is 290 g/mol. The lowest BCUT2D eigenvalue weighted by Crippen LogP contribution is -2.50. The smallest absolute Gasteiger partial charge is 0.255 e. The fourth-order valence-corrected chi connectivity index (χ4v) is 3.14. The molecule has 1 N–H and O–H groups in total. The van der Waals surface area contributed by atoms with Crippen LogP contribution in [0.15, 0.2) is 24.3 Å². The summed E-state index contributed by atoms with van der Waals surface area (Å²) < 4.78 is 11.1. The predicted octanol–water partition coefficient (Wildman–Crippen LogP) is 1.29. The second-order valence-corrected chi connectivity index (χ2v) is 5.66. The van der Waals surface area contributed by atoms with Crippen LogP contribution in [-0.2, 0) is 4.74 Å². The molecule has 5 heteroatoms. The van der Waals surface area contributed by atoms with Crippen LogP contribution >= 0.6 is 0 Å². The highest BCUT2D eigenvalue weighted by Crippen LogP contribution is 2.22. The van der Waals surface area contributed by atoms with Crippen molar-refractivity contribution in [2.75, 3.05) is 33.4 Å². The zero-order valence-corrected chi connectivity index (χ0v) is 12.4. The number of nitrogens with one attached hydrogen (secondary N) is 1. The first kappa shape index (κ1) is 14.4. The van der Waals surface area contributed by atoms with Crippen molar-refractivity contribution in [3.05, 3.63) is 29.8 Å². The lowest BCUT2D eigenvalue weighted by Gasteiger charge is -2.35. The van der Waals surface area contributed by atoms with Gasteiger partial charge in [-0.3, -0.25) is 9.69 Å². The number of ether oxygens (including phenoxy) is 2. The molecule has 5 nitrogen and oxygen atoms in total. The first-order valence-corrected chi connectivity index (χ1v) is 7.55. The number of morpholine rings is 1.